The van der Waals surface area contributed by atoms with E-state index >= 15 is 0 Å². The summed E-state index contributed by atoms with van der Waals surface area (Å²) in [5.74, 6) is -0.296. The average molecular weight is 431 g/mol. The lowest BCUT2D eigenvalue weighted by atomic mass is 10.1. The van der Waals surface area contributed by atoms with Gasteiger partial charge in [0.15, 0.2) is 0 Å². The van der Waals surface area contributed by atoms with Crippen LogP contribution in [0.1, 0.15) is 29.1 Å². The van der Waals surface area contributed by atoms with Crippen LogP contribution < -0.4 is 5.32 Å². The van der Waals surface area contributed by atoms with Crippen LogP contribution in [0.4, 0.5) is 10.6 Å². The SMILES string of the molecule is C[C@@H](OC(=O)Nc1c(-c2ccc(-c3ccc(C(=O)O)o3)cc2)ncn1C)c1ccccc1. The highest BCUT2D eigenvalue weighted by Gasteiger charge is 2.18. The molecule has 0 aliphatic heterocycles. The zero-order valence-corrected chi connectivity index (χ0v) is 17.5. The monoisotopic (exact) mass is 431 g/mol. The molecule has 2 aromatic heterocycles. The van der Waals surface area contributed by atoms with Crippen LogP contribution in [-0.4, -0.2) is 26.7 Å². The molecule has 8 nitrogen and oxygen atoms in total. The fraction of sp³-hybridized carbons (Fsp3) is 0.125. The number of aryl methyl sites for hydroxylation is 1. The van der Waals surface area contributed by atoms with E-state index in [1.54, 1.807) is 36.1 Å². The molecule has 0 aliphatic carbocycles. The number of anilines is 1. The number of carboxylic acid groups (broad SMARTS) is 1. The quantitative estimate of drug-likeness (QED) is 0.426. The number of nitrogens with zero attached hydrogens (tertiary/aromatic N) is 2. The summed E-state index contributed by atoms with van der Waals surface area (Å²) in [5, 5.41) is 11.8. The molecule has 0 saturated carbocycles. The largest absolute Gasteiger partial charge is 0.475 e. The standard InChI is InChI=1S/C24H21N3O5/c1-15(16-6-4-3-5-7-16)31-24(30)26-22-21(25-14-27(22)2)18-10-8-17(9-11-18)19-12-13-20(32-19)23(28)29/h3-15H,1-2H3,(H,26,30)(H,28,29)/t15-/m1/s1. The molecule has 0 radical (unpaired) electrons. The number of ether oxygens (including phenoxy) is 1. The average Bonchev–Trinajstić information content (AvgIpc) is 3.42. The predicted molar refractivity (Wildman–Crippen MR) is 118 cm³/mol. The van der Waals surface area contributed by atoms with Gasteiger partial charge >= 0.3 is 12.1 Å². The fourth-order valence-corrected chi connectivity index (χ4v) is 3.27. The van der Waals surface area contributed by atoms with E-state index in [1.807, 2.05) is 49.4 Å². The first-order valence-electron chi connectivity index (χ1n) is 9.90. The van der Waals surface area contributed by atoms with Crippen molar-refractivity contribution in [2.45, 2.75) is 13.0 Å². The maximum atomic E-state index is 12.5. The fourth-order valence-electron chi connectivity index (χ4n) is 3.27. The van der Waals surface area contributed by atoms with E-state index < -0.39 is 18.2 Å². The second-order valence-electron chi connectivity index (χ2n) is 7.18. The molecular weight excluding hydrogens is 410 g/mol. The minimum Gasteiger partial charge on any atom is -0.475 e. The van der Waals surface area contributed by atoms with Gasteiger partial charge in [-0.1, -0.05) is 54.6 Å². The summed E-state index contributed by atoms with van der Waals surface area (Å²) in [4.78, 5) is 27.9. The lowest BCUT2D eigenvalue weighted by molar-refractivity contribution is 0.0663. The van der Waals surface area contributed by atoms with Gasteiger partial charge < -0.3 is 18.8 Å². The number of carbonyl (C=O) groups is 2. The molecular formula is C24H21N3O5. The van der Waals surface area contributed by atoms with Gasteiger partial charge in [-0.2, -0.15) is 0 Å². The van der Waals surface area contributed by atoms with Gasteiger partial charge in [-0.05, 0) is 24.6 Å². The highest BCUT2D eigenvalue weighted by Crippen LogP contribution is 2.30. The van der Waals surface area contributed by atoms with Gasteiger partial charge in [0.05, 0.1) is 6.33 Å². The molecule has 2 aromatic carbocycles. The highest BCUT2D eigenvalue weighted by atomic mass is 16.6. The highest BCUT2D eigenvalue weighted by molar-refractivity contribution is 5.89. The van der Waals surface area contributed by atoms with Gasteiger partial charge in [0.25, 0.3) is 0 Å². The first kappa shape index (κ1) is 20.9. The van der Waals surface area contributed by atoms with Crippen molar-refractivity contribution >= 4 is 17.9 Å². The minimum atomic E-state index is -1.12. The van der Waals surface area contributed by atoms with E-state index in [0.29, 0.717) is 17.3 Å². The van der Waals surface area contributed by atoms with Gasteiger partial charge in [-0.15, -0.1) is 0 Å². The Morgan fingerprint density at radius 2 is 1.72 bits per heavy atom. The smallest absolute Gasteiger partial charge is 0.413 e. The number of carbonyl (C=O) groups excluding carboxylic acids is 1. The number of imidazole rings is 1. The van der Waals surface area contributed by atoms with Crippen molar-refractivity contribution in [3.63, 3.8) is 0 Å². The first-order valence-corrected chi connectivity index (χ1v) is 9.90. The molecule has 162 valence electrons. The molecule has 8 heteroatoms. The summed E-state index contributed by atoms with van der Waals surface area (Å²) in [7, 11) is 1.78. The van der Waals surface area contributed by atoms with Crippen LogP contribution in [0.5, 0.6) is 0 Å². The summed E-state index contributed by atoms with van der Waals surface area (Å²) < 4.78 is 12.5. The van der Waals surface area contributed by atoms with Gasteiger partial charge in [0.1, 0.15) is 23.4 Å². The molecule has 4 aromatic rings. The van der Waals surface area contributed by atoms with Gasteiger partial charge in [-0.3, -0.25) is 5.32 Å². The van der Waals surface area contributed by atoms with Crippen LogP contribution in [-0.2, 0) is 11.8 Å². The lowest BCUT2D eigenvalue weighted by Crippen LogP contribution is -2.18. The predicted octanol–water partition coefficient (Wildman–Crippen LogP) is 5.36. The Labute approximate surface area is 184 Å². The number of benzene rings is 2. The van der Waals surface area contributed by atoms with E-state index in [4.69, 9.17) is 14.3 Å². The second-order valence-corrected chi connectivity index (χ2v) is 7.18. The molecule has 0 bridgehead atoms. The van der Waals surface area contributed by atoms with Crippen molar-refractivity contribution in [3.05, 3.63) is 84.4 Å². The summed E-state index contributed by atoms with van der Waals surface area (Å²) in [6, 6.07) is 19.7. The van der Waals surface area contributed by atoms with Crippen molar-refractivity contribution < 1.29 is 23.8 Å². The number of nitrogens with one attached hydrogen (secondary N) is 1. The number of rotatable bonds is 6. The Balaban J connectivity index is 1.50. The first-order chi connectivity index (χ1) is 15.4. The van der Waals surface area contributed by atoms with E-state index in [1.165, 1.54) is 6.07 Å². The Bertz CT molecular complexity index is 1240. The van der Waals surface area contributed by atoms with Crippen LogP contribution in [0.3, 0.4) is 0 Å². The molecule has 4 rings (SSSR count). The molecule has 32 heavy (non-hydrogen) atoms. The molecule has 1 atom stereocenters. The van der Waals surface area contributed by atoms with Crippen LogP contribution in [0.2, 0.25) is 0 Å². The van der Waals surface area contributed by atoms with Crippen molar-refractivity contribution in [2.75, 3.05) is 5.32 Å². The number of furan rings is 1. The van der Waals surface area contributed by atoms with E-state index in [2.05, 4.69) is 10.3 Å². The summed E-state index contributed by atoms with van der Waals surface area (Å²) in [6.07, 6.45) is 0.612. The van der Waals surface area contributed by atoms with Crippen LogP contribution in [0.25, 0.3) is 22.6 Å². The third kappa shape index (κ3) is 4.39. The maximum absolute atomic E-state index is 12.5. The van der Waals surface area contributed by atoms with Crippen LogP contribution in [0, 0.1) is 0 Å². The zero-order valence-electron chi connectivity index (χ0n) is 17.5. The molecule has 1 amide bonds. The molecule has 0 saturated heterocycles. The topological polar surface area (TPSA) is 107 Å². The summed E-state index contributed by atoms with van der Waals surface area (Å²) >= 11 is 0. The Kier molecular flexibility index (Phi) is 5.76. The van der Waals surface area contributed by atoms with Gasteiger partial charge in [-0.25, -0.2) is 14.6 Å². The third-order valence-corrected chi connectivity index (χ3v) is 4.97. The zero-order chi connectivity index (χ0) is 22.7. The van der Waals surface area contributed by atoms with Crippen LogP contribution >= 0.6 is 0 Å². The number of carboxylic acids is 1. The lowest BCUT2D eigenvalue weighted by Gasteiger charge is -2.15. The molecule has 0 fully saturated rings. The molecule has 2 heterocycles. The van der Waals surface area contributed by atoms with Crippen molar-refractivity contribution in [1.29, 1.82) is 0 Å². The second kappa shape index (κ2) is 8.81. The van der Waals surface area contributed by atoms with E-state index in [-0.39, 0.29) is 5.76 Å². The number of aromatic nitrogens is 2. The summed E-state index contributed by atoms with van der Waals surface area (Å²) in [6.45, 7) is 1.81. The Morgan fingerprint density at radius 3 is 2.38 bits per heavy atom. The maximum Gasteiger partial charge on any atom is 0.413 e. The molecule has 0 unspecified atom stereocenters. The Morgan fingerprint density at radius 1 is 1.03 bits per heavy atom. The van der Waals surface area contributed by atoms with Crippen molar-refractivity contribution in [2.24, 2.45) is 7.05 Å². The Hall–Kier alpha value is -4.33. The number of amides is 1. The van der Waals surface area contributed by atoms with Gasteiger partial charge in [0.2, 0.25) is 5.76 Å². The van der Waals surface area contributed by atoms with Crippen molar-refractivity contribution in [3.8, 4) is 22.6 Å². The molecule has 0 spiro atoms. The van der Waals surface area contributed by atoms with E-state index in [0.717, 1.165) is 16.7 Å². The third-order valence-electron chi connectivity index (χ3n) is 4.97. The van der Waals surface area contributed by atoms with Crippen molar-refractivity contribution in [1.82, 2.24) is 9.55 Å². The van der Waals surface area contributed by atoms with Gasteiger partial charge in [0, 0.05) is 18.2 Å². The number of hydrogen-bond donors (Lipinski definition) is 2. The molecule has 2 N–H and O–H groups in total. The van der Waals surface area contributed by atoms with E-state index in [9.17, 15) is 9.59 Å². The van der Waals surface area contributed by atoms with Crippen LogP contribution in [0.15, 0.2) is 77.5 Å². The minimum absolute atomic E-state index is 0.122. The normalized spacial score (nSPS) is 11.7. The summed E-state index contributed by atoms with van der Waals surface area (Å²) in [5.41, 5.74) is 2.97. The number of hydrogen-bond acceptors (Lipinski definition) is 5. The molecule has 0 aliphatic rings. The number of aromatic carboxylic acids is 1.